The quantitative estimate of drug-likeness (QED) is 0.754. The van der Waals surface area contributed by atoms with Gasteiger partial charge in [0.2, 0.25) is 0 Å². The molecule has 0 aromatic heterocycles. The van der Waals surface area contributed by atoms with Crippen molar-refractivity contribution in [2.75, 3.05) is 13.7 Å². The van der Waals surface area contributed by atoms with E-state index in [0.29, 0.717) is 12.5 Å². The number of aliphatic hydroxyl groups is 1. The van der Waals surface area contributed by atoms with Crippen LogP contribution < -0.4 is 0 Å². The zero-order chi connectivity index (χ0) is 15.8. The number of allylic oxidation sites excluding steroid dienone is 2. The first-order valence-electron chi connectivity index (χ1n) is 8.57. The first kappa shape index (κ1) is 14.9. The van der Waals surface area contributed by atoms with Crippen molar-refractivity contribution in [1.82, 2.24) is 0 Å². The van der Waals surface area contributed by atoms with Gasteiger partial charge in [-0.05, 0) is 37.5 Å². The number of ether oxygens (including phenoxy) is 2. The SMILES string of the molecule is CO[C@]12C[C@@H]3CC[C@]1(C=C3C)[C@]1(C=CCC(C)(C)[C@H]1O)CO2. The van der Waals surface area contributed by atoms with Crippen LogP contribution in [0.4, 0.5) is 0 Å². The molecule has 3 heteroatoms. The molecule has 0 aromatic rings. The van der Waals surface area contributed by atoms with Crippen molar-refractivity contribution >= 4 is 0 Å². The Bertz CT molecular complexity index is 563. The third-order valence-corrected chi connectivity index (χ3v) is 7.19. The summed E-state index contributed by atoms with van der Waals surface area (Å²) in [4.78, 5) is 0. The third-order valence-electron chi connectivity index (χ3n) is 7.19. The van der Waals surface area contributed by atoms with Crippen LogP contribution in [0.2, 0.25) is 0 Å². The number of rotatable bonds is 1. The Kier molecular flexibility index (Phi) is 2.88. The molecule has 1 saturated carbocycles. The third kappa shape index (κ3) is 1.44. The van der Waals surface area contributed by atoms with E-state index in [-0.39, 0.29) is 16.2 Å². The summed E-state index contributed by atoms with van der Waals surface area (Å²) in [6.45, 7) is 7.12. The average molecular weight is 304 g/mol. The second-order valence-electron chi connectivity index (χ2n) is 8.58. The number of methoxy groups -OCH3 is 1. The maximum atomic E-state index is 11.3. The van der Waals surface area contributed by atoms with E-state index in [1.807, 2.05) is 0 Å². The van der Waals surface area contributed by atoms with Crippen molar-refractivity contribution in [1.29, 1.82) is 0 Å². The molecule has 0 radical (unpaired) electrons. The van der Waals surface area contributed by atoms with Gasteiger partial charge >= 0.3 is 0 Å². The van der Waals surface area contributed by atoms with Crippen molar-refractivity contribution in [3.63, 3.8) is 0 Å². The van der Waals surface area contributed by atoms with Crippen molar-refractivity contribution in [3.8, 4) is 0 Å². The molecule has 3 nitrogen and oxygen atoms in total. The minimum atomic E-state index is -0.561. The maximum Gasteiger partial charge on any atom is 0.178 e. The van der Waals surface area contributed by atoms with Crippen LogP contribution in [-0.4, -0.2) is 30.7 Å². The number of fused-ring (bicyclic) bond motifs is 1. The van der Waals surface area contributed by atoms with Gasteiger partial charge in [-0.15, -0.1) is 0 Å². The molecule has 2 fully saturated rings. The van der Waals surface area contributed by atoms with Gasteiger partial charge in [0.25, 0.3) is 0 Å². The molecule has 0 amide bonds. The molecular weight excluding hydrogens is 276 g/mol. The van der Waals surface area contributed by atoms with Gasteiger partial charge in [0.05, 0.1) is 23.5 Å². The molecule has 2 bridgehead atoms. The van der Waals surface area contributed by atoms with E-state index in [2.05, 4.69) is 39.0 Å². The molecule has 1 saturated heterocycles. The number of hydrogen-bond donors (Lipinski definition) is 1. The molecule has 1 heterocycles. The van der Waals surface area contributed by atoms with E-state index in [1.54, 1.807) is 7.11 Å². The molecule has 5 rings (SSSR count). The van der Waals surface area contributed by atoms with E-state index in [1.165, 1.54) is 12.0 Å². The Hall–Kier alpha value is -0.640. The van der Waals surface area contributed by atoms with Gasteiger partial charge in [0, 0.05) is 13.5 Å². The summed E-state index contributed by atoms with van der Waals surface area (Å²) in [7, 11) is 1.77. The summed E-state index contributed by atoms with van der Waals surface area (Å²) < 4.78 is 12.4. The molecule has 122 valence electrons. The maximum absolute atomic E-state index is 11.3. The highest BCUT2D eigenvalue weighted by atomic mass is 16.7. The van der Waals surface area contributed by atoms with Crippen LogP contribution in [0.1, 0.15) is 46.5 Å². The zero-order valence-corrected chi connectivity index (χ0v) is 14.2. The molecule has 2 spiro atoms. The lowest BCUT2D eigenvalue weighted by molar-refractivity contribution is -0.268. The Morgan fingerprint density at radius 1 is 1.36 bits per heavy atom. The van der Waals surface area contributed by atoms with E-state index in [9.17, 15) is 5.11 Å². The van der Waals surface area contributed by atoms with Crippen molar-refractivity contribution < 1.29 is 14.6 Å². The van der Waals surface area contributed by atoms with Crippen LogP contribution in [0.5, 0.6) is 0 Å². The van der Waals surface area contributed by atoms with Crippen molar-refractivity contribution in [2.45, 2.75) is 58.3 Å². The smallest absolute Gasteiger partial charge is 0.178 e. The van der Waals surface area contributed by atoms with E-state index >= 15 is 0 Å². The van der Waals surface area contributed by atoms with Crippen molar-refractivity contribution in [2.24, 2.45) is 22.2 Å². The summed E-state index contributed by atoms with van der Waals surface area (Å²) in [6, 6.07) is 0. The van der Waals surface area contributed by atoms with Gasteiger partial charge in [-0.1, -0.05) is 37.6 Å². The van der Waals surface area contributed by atoms with Crippen LogP contribution in [-0.2, 0) is 9.47 Å². The fraction of sp³-hybridized carbons (Fsp3) is 0.789. The zero-order valence-electron chi connectivity index (χ0n) is 14.2. The van der Waals surface area contributed by atoms with Gasteiger partial charge in [-0.25, -0.2) is 0 Å². The molecule has 4 aliphatic carbocycles. The highest BCUT2D eigenvalue weighted by molar-refractivity contribution is 5.36. The Balaban J connectivity index is 1.94. The summed E-state index contributed by atoms with van der Waals surface area (Å²) in [6.07, 6.45) is 10.5. The van der Waals surface area contributed by atoms with Gasteiger partial charge < -0.3 is 14.6 Å². The molecule has 0 aromatic carbocycles. The van der Waals surface area contributed by atoms with E-state index in [4.69, 9.17) is 9.47 Å². The predicted octanol–water partition coefficient (Wildman–Crippen LogP) is 3.44. The van der Waals surface area contributed by atoms with Gasteiger partial charge in [-0.2, -0.15) is 0 Å². The standard InChI is InChI=1S/C19H28O3/c1-13-10-18-9-6-14(13)11-19(18,21-4)22-12-17(18)8-5-7-16(2,3)15(17)20/h5,8,10,14-15,20H,6-7,9,11-12H2,1-4H3/t14-,15+,17+,18-,19-/m0/s1. The molecule has 0 unspecified atom stereocenters. The van der Waals surface area contributed by atoms with Gasteiger partial charge in [-0.3, -0.25) is 0 Å². The lowest BCUT2D eigenvalue weighted by Gasteiger charge is -2.60. The van der Waals surface area contributed by atoms with Crippen LogP contribution in [0.25, 0.3) is 0 Å². The first-order valence-corrected chi connectivity index (χ1v) is 8.57. The molecule has 22 heavy (non-hydrogen) atoms. The summed E-state index contributed by atoms with van der Waals surface area (Å²) in [5, 5.41) is 11.3. The topological polar surface area (TPSA) is 38.7 Å². The molecule has 1 aliphatic heterocycles. The fourth-order valence-electron chi connectivity index (χ4n) is 5.87. The van der Waals surface area contributed by atoms with Crippen LogP contribution in [0, 0.1) is 22.2 Å². The minimum absolute atomic E-state index is 0.132. The predicted molar refractivity (Wildman–Crippen MR) is 85.2 cm³/mol. The monoisotopic (exact) mass is 304 g/mol. The first-order chi connectivity index (χ1) is 10.3. The summed E-state index contributed by atoms with van der Waals surface area (Å²) >= 11 is 0. The molecule has 1 N–H and O–H groups in total. The largest absolute Gasteiger partial charge is 0.392 e. The van der Waals surface area contributed by atoms with Crippen molar-refractivity contribution in [3.05, 3.63) is 23.8 Å². The Labute approximate surface area is 133 Å². The minimum Gasteiger partial charge on any atom is -0.392 e. The molecule has 5 atom stereocenters. The molecule has 5 aliphatic rings. The second kappa shape index (κ2) is 4.25. The second-order valence-corrected chi connectivity index (χ2v) is 8.58. The summed E-state index contributed by atoms with van der Waals surface area (Å²) in [5.41, 5.74) is 0.721. The van der Waals surface area contributed by atoms with Gasteiger partial charge in [0.15, 0.2) is 5.79 Å². The normalized spacial score (nSPS) is 52.0. The molecular formula is C19H28O3. The average Bonchev–Trinajstić information content (AvgIpc) is 2.77. The lowest BCUT2D eigenvalue weighted by Crippen LogP contribution is -2.63. The summed E-state index contributed by atoms with van der Waals surface area (Å²) in [5.74, 6) is 0.00319. The van der Waals surface area contributed by atoms with Crippen LogP contribution in [0.3, 0.4) is 0 Å². The number of hydrogen-bond acceptors (Lipinski definition) is 3. The van der Waals surface area contributed by atoms with Crippen LogP contribution >= 0.6 is 0 Å². The Morgan fingerprint density at radius 2 is 2.14 bits per heavy atom. The highest BCUT2D eigenvalue weighted by Crippen LogP contribution is 2.71. The van der Waals surface area contributed by atoms with E-state index < -0.39 is 11.9 Å². The van der Waals surface area contributed by atoms with Crippen LogP contribution in [0.15, 0.2) is 23.8 Å². The van der Waals surface area contributed by atoms with Gasteiger partial charge in [0.1, 0.15) is 0 Å². The highest BCUT2D eigenvalue weighted by Gasteiger charge is 2.74. The van der Waals surface area contributed by atoms with E-state index in [0.717, 1.165) is 19.3 Å². The number of aliphatic hydroxyl groups excluding tert-OH is 1. The fourth-order valence-corrected chi connectivity index (χ4v) is 5.87. The Morgan fingerprint density at radius 3 is 2.82 bits per heavy atom. The lowest BCUT2D eigenvalue weighted by atomic mass is 9.45.